The minimum Gasteiger partial charge on any atom is -0.340 e. The number of aromatic nitrogens is 5. The summed E-state index contributed by atoms with van der Waals surface area (Å²) in [6, 6.07) is 9.84. The molecule has 0 saturated carbocycles. The molecule has 0 bridgehead atoms. The summed E-state index contributed by atoms with van der Waals surface area (Å²) in [4.78, 5) is 26.8. The first-order valence-corrected chi connectivity index (χ1v) is 9.42. The fraction of sp³-hybridized carbons (Fsp3) is 0.333. The summed E-state index contributed by atoms with van der Waals surface area (Å²) in [5, 5.41) is 4.50. The molecule has 144 valence electrons. The second-order valence-corrected chi connectivity index (χ2v) is 7.27. The minimum absolute atomic E-state index is 0.0796. The number of aromatic amines is 1. The number of hydrogen-bond donors (Lipinski definition) is 1. The second-order valence-electron chi connectivity index (χ2n) is 7.27. The maximum Gasteiger partial charge on any atom is 0.223 e. The van der Waals surface area contributed by atoms with Crippen LogP contribution in [0, 0.1) is 20.8 Å². The van der Waals surface area contributed by atoms with E-state index in [9.17, 15) is 4.79 Å². The fourth-order valence-corrected chi connectivity index (χ4v) is 3.62. The molecule has 4 rings (SSSR count). The minimum atomic E-state index is 0.0796. The highest BCUT2D eigenvalue weighted by atomic mass is 16.2. The number of carbonyl (C=O) groups excluding carboxylic acids is 1. The van der Waals surface area contributed by atoms with E-state index in [2.05, 4.69) is 20.1 Å². The Hall–Kier alpha value is -3.22. The summed E-state index contributed by atoms with van der Waals surface area (Å²) < 4.78 is 1.86. The van der Waals surface area contributed by atoms with Crippen molar-refractivity contribution in [2.45, 2.75) is 40.2 Å². The Morgan fingerprint density at radius 3 is 2.75 bits per heavy atom. The molecular formula is C21H24N6O. The van der Waals surface area contributed by atoms with Gasteiger partial charge in [-0.15, -0.1) is 0 Å². The van der Waals surface area contributed by atoms with Crippen molar-refractivity contribution in [1.82, 2.24) is 29.5 Å². The van der Waals surface area contributed by atoms with E-state index in [1.54, 1.807) is 4.90 Å². The summed E-state index contributed by atoms with van der Waals surface area (Å²) in [7, 11) is 1.81. The summed E-state index contributed by atoms with van der Waals surface area (Å²) in [5.74, 6) is 0.871. The second kappa shape index (κ2) is 7.07. The molecule has 0 unspecified atom stereocenters. The van der Waals surface area contributed by atoms with Gasteiger partial charge in [-0.2, -0.15) is 5.10 Å². The molecule has 3 heterocycles. The van der Waals surface area contributed by atoms with Crippen LogP contribution in [0.1, 0.15) is 34.9 Å². The molecule has 0 aliphatic heterocycles. The van der Waals surface area contributed by atoms with E-state index in [1.165, 1.54) is 0 Å². The molecule has 7 nitrogen and oxygen atoms in total. The van der Waals surface area contributed by atoms with Crippen molar-refractivity contribution in [2.75, 3.05) is 7.05 Å². The summed E-state index contributed by atoms with van der Waals surface area (Å²) in [6.45, 7) is 6.44. The van der Waals surface area contributed by atoms with Crippen LogP contribution in [0.15, 0.2) is 30.3 Å². The largest absolute Gasteiger partial charge is 0.340 e. The predicted molar refractivity (Wildman–Crippen MR) is 108 cm³/mol. The Labute approximate surface area is 163 Å². The Kier molecular flexibility index (Phi) is 4.58. The molecule has 0 spiro atoms. The molecule has 0 aliphatic carbocycles. The number of H-pyrrole nitrogens is 1. The Morgan fingerprint density at radius 1 is 1.18 bits per heavy atom. The van der Waals surface area contributed by atoms with Crippen LogP contribution in [0.2, 0.25) is 0 Å². The van der Waals surface area contributed by atoms with Crippen molar-refractivity contribution in [3.05, 3.63) is 58.8 Å². The van der Waals surface area contributed by atoms with Crippen LogP contribution in [-0.2, 0) is 17.8 Å². The van der Waals surface area contributed by atoms with Gasteiger partial charge in [-0.1, -0.05) is 12.1 Å². The van der Waals surface area contributed by atoms with Crippen LogP contribution in [0.25, 0.3) is 16.7 Å². The first kappa shape index (κ1) is 18.2. The molecular weight excluding hydrogens is 352 g/mol. The van der Waals surface area contributed by atoms with E-state index in [1.807, 2.05) is 62.7 Å². The number of benzene rings is 1. The van der Waals surface area contributed by atoms with Gasteiger partial charge in [-0.05, 0) is 44.9 Å². The van der Waals surface area contributed by atoms with Crippen LogP contribution in [0.3, 0.4) is 0 Å². The lowest BCUT2D eigenvalue weighted by molar-refractivity contribution is -0.130. The predicted octanol–water partition coefficient (Wildman–Crippen LogP) is 3.12. The van der Waals surface area contributed by atoms with Gasteiger partial charge in [-0.25, -0.2) is 14.5 Å². The summed E-state index contributed by atoms with van der Waals surface area (Å²) >= 11 is 0. The molecule has 1 aromatic carbocycles. The monoisotopic (exact) mass is 376 g/mol. The van der Waals surface area contributed by atoms with E-state index in [-0.39, 0.29) is 5.91 Å². The maximum atomic E-state index is 12.7. The molecule has 1 amide bonds. The van der Waals surface area contributed by atoms with Crippen LogP contribution in [0.4, 0.5) is 0 Å². The summed E-state index contributed by atoms with van der Waals surface area (Å²) in [5.41, 5.74) is 6.78. The molecule has 0 atom stereocenters. The van der Waals surface area contributed by atoms with Crippen molar-refractivity contribution in [1.29, 1.82) is 0 Å². The van der Waals surface area contributed by atoms with Gasteiger partial charge >= 0.3 is 0 Å². The van der Waals surface area contributed by atoms with Crippen molar-refractivity contribution in [3.63, 3.8) is 0 Å². The van der Waals surface area contributed by atoms with Gasteiger partial charge < -0.3 is 9.88 Å². The quantitative estimate of drug-likeness (QED) is 0.580. The molecule has 1 N–H and O–H groups in total. The van der Waals surface area contributed by atoms with Crippen LogP contribution in [0.5, 0.6) is 0 Å². The number of aryl methyl sites for hydroxylation is 3. The maximum absolute atomic E-state index is 12.7. The zero-order chi connectivity index (χ0) is 19.8. The first-order valence-electron chi connectivity index (χ1n) is 9.42. The lowest BCUT2D eigenvalue weighted by atomic mass is 10.1. The van der Waals surface area contributed by atoms with Gasteiger partial charge in [0.2, 0.25) is 5.91 Å². The van der Waals surface area contributed by atoms with Crippen LogP contribution in [-0.4, -0.2) is 42.4 Å². The third kappa shape index (κ3) is 3.35. The normalized spacial score (nSPS) is 11.4. The number of fused-ring (bicyclic) bond motifs is 2. The molecule has 0 radical (unpaired) electrons. The molecule has 3 aromatic heterocycles. The highest BCUT2D eigenvalue weighted by Gasteiger charge is 2.16. The lowest BCUT2D eigenvalue weighted by Gasteiger charge is -2.17. The number of carbonyl (C=O) groups is 1. The molecule has 0 aliphatic rings. The average molecular weight is 376 g/mol. The lowest BCUT2D eigenvalue weighted by Crippen LogP contribution is -2.27. The fourth-order valence-electron chi connectivity index (χ4n) is 3.62. The number of nitrogens with one attached hydrogen (secondary N) is 1. The highest BCUT2D eigenvalue weighted by Crippen LogP contribution is 2.18. The third-order valence-electron chi connectivity index (χ3n) is 5.13. The van der Waals surface area contributed by atoms with Gasteiger partial charge in [0.1, 0.15) is 5.82 Å². The van der Waals surface area contributed by atoms with Gasteiger partial charge in [0.15, 0.2) is 5.65 Å². The van der Waals surface area contributed by atoms with Gasteiger partial charge in [0, 0.05) is 30.9 Å². The van der Waals surface area contributed by atoms with Crippen molar-refractivity contribution in [3.8, 4) is 0 Å². The number of para-hydroxylation sites is 2. The van der Waals surface area contributed by atoms with Gasteiger partial charge in [0.25, 0.3) is 0 Å². The number of hydrogen-bond acceptors (Lipinski definition) is 4. The number of amides is 1. The van der Waals surface area contributed by atoms with Crippen molar-refractivity contribution < 1.29 is 4.79 Å². The van der Waals surface area contributed by atoms with Crippen molar-refractivity contribution in [2.24, 2.45) is 0 Å². The van der Waals surface area contributed by atoms with Crippen molar-refractivity contribution >= 4 is 22.6 Å². The van der Waals surface area contributed by atoms with E-state index in [0.29, 0.717) is 19.4 Å². The van der Waals surface area contributed by atoms with E-state index >= 15 is 0 Å². The van der Waals surface area contributed by atoms with E-state index in [4.69, 9.17) is 0 Å². The molecule has 4 aromatic rings. The SMILES string of the molecule is Cc1cc2nc(C)c(CCC(=O)N(C)Cc3nc4ccccc4[nH]3)c(C)n2n1. The molecule has 0 fully saturated rings. The standard InChI is InChI=1S/C21H24N6O/c1-13-11-20-22-14(2)16(15(3)27(20)25-13)9-10-21(28)26(4)12-19-23-17-7-5-6-8-18(17)24-19/h5-8,11H,9-10,12H2,1-4H3,(H,23,24). The van der Waals surface area contributed by atoms with Crippen LogP contribution >= 0.6 is 0 Å². The topological polar surface area (TPSA) is 79.2 Å². The first-order chi connectivity index (χ1) is 13.4. The number of nitrogens with zero attached hydrogens (tertiary/aromatic N) is 5. The Morgan fingerprint density at radius 2 is 1.96 bits per heavy atom. The molecule has 0 saturated heterocycles. The zero-order valence-electron chi connectivity index (χ0n) is 16.7. The average Bonchev–Trinajstić information content (AvgIpc) is 3.23. The number of rotatable bonds is 5. The van der Waals surface area contributed by atoms with E-state index in [0.717, 1.165) is 45.2 Å². The molecule has 7 heteroatoms. The molecule has 28 heavy (non-hydrogen) atoms. The number of imidazole rings is 1. The smallest absolute Gasteiger partial charge is 0.223 e. The third-order valence-corrected chi connectivity index (χ3v) is 5.13. The Bertz CT molecular complexity index is 1140. The van der Waals surface area contributed by atoms with E-state index < -0.39 is 0 Å². The zero-order valence-corrected chi connectivity index (χ0v) is 16.7. The summed E-state index contributed by atoms with van der Waals surface area (Å²) in [6.07, 6.45) is 1.06. The van der Waals surface area contributed by atoms with Gasteiger partial charge in [0.05, 0.1) is 23.3 Å². The van der Waals surface area contributed by atoms with Gasteiger partial charge in [-0.3, -0.25) is 4.79 Å². The highest BCUT2D eigenvalue weighted by molar-refractivity contribution is 5.77. The van der Waals surface area contributed by atoms with Crippen LogP contribution < -0.4 is 0 Å². The Balaban J connectivity index is 1.45.